The van der Waals surface area contributed by atoms with E-state index in [0.29, 0.717) is 5.92 Å². The summed E-state index contributed by atoms with van der Waals surface area (Å²) in [5.41, 5.74) is 1.57. The lowest BCUT2D eigenvalue weighted by molar-refractivity contribution is -0.0899. The van der Waals surface area contributed by atoms with Crippen molar-refractivity contribution in [1.82, 2.24) is 15.1 Å². The summed E-state index contributed by atoms with van der Waals surface area (Å²) >= 11 is 6.09. The Morgan fingerprint density at radius 3 is 2.89 bits per heavy atom. The lowest BCUT2D eigenvalue weighted by Gasteiger charge is -2.37. The van der Waals surface area contributed by atoms with Crippen LogP contribution >= 0.6 is 11.6 Å². The highest BCUT2D eigenvalue weighted by Crippen LogP contribution is 2.45. The Morgan fingerprint density at radius 2 is 2.15 bits per heavy atom. The molecule has 0 radical (unpaired) electrons. The van der Waals surface area contributed by atoms with Gasteiger partial charge in [-0.2, -0.15) is 5.10 Å². The topological polar surface area (TPSA) is 73.8 Å². The summed E-state index contributed by atoms with van der Waals surface area (Å²) in [5.74, 6) is 1.44. The fourth-order valence-corrected chi connectivity index (χ4v) is 3.29. The van der Waals surface area contributed by atoms with E-state index in [0.717, 1.165) is 24.2 Å². The van der Waals surface area contributed by atoms with Gasteiger partial charge >= 0.3 is 6.09 Å². The zero-order valence-electron chi connectivity index (χ0n) is 14.9. The number of aromatic nitrogens is 2. The average Bonchev–Trinajstić information content (AvgIpc) is 3.50. The Bertz CT molecular complexity index is 816. The van der Waals surface area contributed by atoms with Crippen molar-refractivity contribution in [3.05, 3.63) is 47.7 Å². The fourth-order valence-electron chi connectivity index (χ4n) is 3.07. The summed E-state index contributed by atoms with van der Waals surface area (Å²) in [4.78, 5) is 14.1. The van der Waals surface area contributed by atoms with E-state index in [1.165, 1.54) is 16.7 Å². The number of para-hydroxylation sites is 1. The minimum Gasteiger partial charge on any atom is -0.467 e. The van der Waals surface area contributed by atoms with E-state index in [1.54, 1.807) is 12.1 Å². The Morgan fingerprint density at radius 1 is 1.30 bits per heavy atom. The van der Waals surface area contributed by atoms with Crippen LogP contribution in [0.15, 0.2) is 36.5 Å². The smallest absolute Gasteiger partial charge is 0.419 e. The molecule has 1 aliphatic carbocycles. The van der Waals surface area contributed by atoms with Crippen LogP contribution in [0.4, 0.5) is 4.79 Å². The van der Waals surface area contributed by atoms with Crippen LogP contribution in [0.25, 0.3) is 0 Å². The standard InChI is InChI=1S/C19H20ClN3O4/c1-12-4-2-5-14(13-7-8-13)18(12)27-17-11-25-15(20)10-23(17)19(24)26-16-6-3-9-21-22-16/h2-6,9,13,15,17H,7-8,10-11H2,1H3. The lowest BCUT2D eigenvalue weighted by atomic mass is 10.1. The minimum atomic E-state index is -0.636. The molecule has 8 heteroatoms. The number of amides is 1. The van der Waals surface area contributed by atoms with Crippen LogP contribution in [0.3, 0.4) is 0 Å². The molecule has 2 unspecified atom stereocenters. The molecule has 2 fully saturated rings. The first kappa shape index (κ1) is 18.0. The first-order valence-electron chi connectivity index (χ1n) is 8.90. The van der Waals surface area contributed by atoms with Crippen LogP contribution in [0.2, 0.25) is 0 Å². The molecule has 7 nitrogen and oxygen atoms in total. The predicted molar refractivity (Wildman–Crippen MR) is 97.9 cm³/mol. The normalized spacial score (nSPS) is 22.4. The maximum absolute atomic E-state index is 12.7. The zero-order valence-corrected chi connectivity index (χ0v) is 15.6. The molecule has 0 N–H and O–H groups in total. The average molecular weight is 390 g/mol. The van der Waals surface area contributed by atoms with E-state index in [1.807, 2.05) is 19.1 Å². The molecule has 1 aromatic heterocycles. The number of morpholine rings is 1. The van der Waals surface area contributed by atoms with Crippen molar-refractivity contribution in [1.29, 1.82) is 0 Å². The Labute approximate surface area is 162 Å². The van der Waals surface area contributed by atoms with E-state index in [2.05, 4.69) is 16.3 Å². The van der Waals surface area contributed by atoms with Crippen LogP contribution in [-0.4, -0.2) is 46.1 Å². The van der Waals surface area contributed by atoms with Crippen molar-refractivity contribution < 1.29 is 19.0 Å². The third kappa shape index (κ3) is 4.14. The van der Waals surface area contributed by atoms with E-state index in [9.17, 15) is 4.79 Å². The van der Waals surface area contributed by atoms with E-state index >= 15 is 0 Å². The van der Waals surface area contributed by atoms with Gasteiger partial charge in [-0.05, 0) is 42.9 Å². The number of aryl methyl sites for hydroxylation is 1. The first-order chi connectivity index (χ1) is 13.1. The molecular weight excluding hydrogens is 370 g/mol. The van der Waals surface area contributed by atoms with Crippen LogP contribution in [-0.2, 0) is 4.74 Å². The molecule has 1 aromatic carbocycles. The van der Waals surface area contributed by atoms with Gasteiger partial charge in [0.1, 0.15) is 17.9 Å². The number of hydrogen-bond acceptors (Lipinski definition) is 6. The van der Waals surface area contributed by atoms with Crippen LogP contribution in [0.1, 0.15) is 29.9 Å². The molecule has 142 valence electrons. The minimum absolute atomic E-state index is 0.119. The molecule has 0 bridgehead atoms. The summed E-state index contributed by atoms with van der Waals surface area (Å²) < 4.78 is 17.1. The molecule has 27 heavy (non-hydrogen) atoms. The van der Waals surface area contributed by atoms with Gasteiger partial charge in [0.2, 0.25) is 12.1 Å². The molecular formula is C19H20ClN3O4. The van der Waals surface area contributed by atoms with Crippen LogP contribution < -0.4 is 9.47 Å². The van der Waals surface area contributed by atoms with Crippen molar-refractivity contribution >= 4 is 17.7 Å². The Kier molecular flexibility index (Phi) is 5.13. The number of carbonyl (C=O) groups is 1. The SMILES string of the molecule is Cc1cccc(C2CC2)c1OC1COC(Cl)CN1C(=O)Oc1cccnn1. The van der Waals surface area contributed by atoms with Gasteiger partial charge in [-0.15, -0.1) is 5.10 Å². The predicted octanol–water partition coefficient (Wildman–Crippen LogP) is 3.46. The second-order valence-corrected chi connectivity index (χ2v) is 7.15. The van der Waals surface area contributed by atoms with Gasteiger partial charge in [0, 0.05) is 12.3 Å². The lowest BCUT2D eigenvalue weighted by Crippen LogP contribution is -2.54. The Balaban J connectivity index is 1.54. The fraction of sp³-hybridized carbons (Fsp3) is 0.421. The molecule has 0 spiro atoms. The highest BCUT2D eigenvalue weighted by molar-refractivity contribution is 6.20. The highest BCUT2D eigenvalue weighted by atomic mass is 35.5. The summed E-state index contributed by atoms with van der Waals surface area (Å²) in [6.07, 6.45) is 2.58. The third-order valence-corrected chi connectivity index (χ3v) is 4.86. The molecule has 4 rings (SSSR count). The quantitative estimate of drug-likeness (QED) is 0.745. The number of benzene rings is 1. The van der Waals surface area contributed by atoms with Gasteiger partial charge in [0.15, 0.2) is 0 Å². The van der Waals surface area contributed by atoms with Gasteiger partial charge < -0.3 is 14.2 Å². The van der Waals surface area contributed by atoms with Crippen molar-refractivity contribution in [2.75, 3.05) is 13.2 Å². The molecule has 2 heterocycles. The largest absolute Gasteiger partial charge is 0.467 e. The monoisotopic (exact) mass is 389 g/mol. The second kappa shape index (κ2) is 7.70. The van der Waals surface area contributed by atoms with Gasteiger partial charge in [-0.25, -0.2) is 4.79 Å². The number of ether oxygens (including phenoxy) is 3. The van der Waals surface area contributed by atoms with E-state index in [4.69, 9.17) is 25.8 Å². The number of rotatable bonds is 4. The molecule has 1 aliphatic heterocycles. The molecule has 1 saturated heterocycles. The second-order valence-electron chi connectivity index (χ2n) is 6.67. The summed E-state index contributed by atoms with van der Waals surface area (Å²) in [6.45, 7) is 2.30. The highest BCUT2D eigenvalue weighted by Gasteiger charge is 2.36. The molecule has 2 aromatic rings. The number of halogens is 1. The van der Waals surface area contributed by atoms with Crippen molar-refractivity contribution in [2.45, 2.75) is 37.5 Å². The molecule has 1 saturated carbocycles. The summed E-state index contributed by atoms with van der Waals surface area (Å²) in [7, 11) is 0. The number of carbonyl (C=O) groups excluding carboxylic acids is 1. The van der Waals surface area contributed by atoms with Gasteiger partial charge in [-0.3, -0.25) is 4.90 Å². The van der Waals surface area contributed by atoms with E-state index in [-0.39, 0.29) is 19.0 Å². The van der Waals surface area contributed by atoms with Gasteiger partial charge in [0.25, 0.3) is 0 Å². The van der Waals surface area contributed by atoms with E-state index < -0.39 is 17.9 Å². The number of alkyl halides is 1. The maximum atomic E-state index is 12.7. The molecule has 2 aliphatic rings. The van der Waals surface area contributed by atoms with Crippen LogP contribution in [0, 0.1) is 6.92 Å². The maximum Gasteiger partial charge on any atom is 0.419 e. The molecule has 1 amide bonds. The summed E-state index contributed by atoms with van der Waals surface area (Å²) in [5, 5.41) is 7.48. The first-order valence-corrected chi connectivity index (χ1v) is 9.33. The van der Waals surface area contributed by atoms with Gasteiger partial charge in [-0.1, -0.05) is 29.8 Å². The summed E-state index contributed by atoms with van der Waals surface area (Å²) in [6, 6.07) is 9.31. The third-order valence-electron chi connectivity index (χ3n) is 4.60. The van der Waals surface area contributed by atoms with Crippen molar-refractivity contribution in [3.63, 3.8) is 0 Å². The number of nitrogens with zero attached hydrogens (tertiary/aromatic N) is 3. The van der Waals surface area contributed by atoms with Crippen molar-refractivity contribution in [3.8, 4) is 11.6 Å². The van der Waals surface area contributed by atoms with Gasteiger partial charge in [0.05, 0.1) is 6.54 Å². The molecule has 2 atom stereocenters. The Hall–Kier alpha value is -2.38. The number of hydrogen-bond donors (Lipinski definition) is 0. The van der Waals surface area contributed by atoms with Crippen molar-refractivity contribution in [2.24, 2.45) is 0 Å². The zero-order chi connectivity index (χ0) is 18.8. The van der Waals surface area contributed by atoms with Crippen LogP contribution in [0.5, 0.6) is 11.6 Å².